The fourth-order valence-electron chi connectivity index (χ4n) is 3.24. The summed E-state index contributed by atoms with van der Waals surface area (Å²) >= 11 is 0. The smallest absolute Gasteiger partial charge is 0.308 e. The molecular weight excluding hydrogens is 410 g/mol. The first-order valence-corrected chi connectivity index (χ1v) is 10.7. The van der Waals surface area contributed by atoms with Crippen molar-refractivity contribution in [3.63, 3.8) is 0 Å². The van der Waals surface area contributed by atoms with E-state index in [1.807, 2.05) is 68.4 Å². The molecule has 8 heteroatoms. The number of nitrogens with one attached hydrogen (secondary N) is 2. The molecule has 1 aliphatic heterocycles. The van der Waals surface area contributed by atoms with Gasteiger partial charge in [0.15, 0.2) is 0 Å². The highest BCUT2D eigenvalue weighted by molar-refractivity contribution is 5.93. The predicted molar refractivity (Wildman–Crippen MR) is 120 cm³/mol. The summed E-state index contributed by atoms with van der Waals surface area (Å²) in [7, 11) is 0. The second kappa shape index (κ2) is 11.2. The summed E-state index contributed by atoms with van der Waals surface area (Å²) in [4.78, 5) is 38.6. The number of anilines is 1. The number of hydrogen-bond donors (Lipinski definition) is 2. The van der Waals surface area contributed by atoms with Crippen molar-refractivity contribution in [2.24, 2.45) is 5.92 Å². The molecule has 0 aliphatic carbocycles. The maximum absolute atomic E-state index is 12.8. The van der Waals surface area contributed by atoms with Crippen molar-refractivity contribution in [1.82, 2.24) is 10.2 Å². The molecule has 2 aromatic carbocycles. The van der Waals surface area contributed by atoms with E-state index in [-0.39, 0.29) is 37.3 Å². The molecule has 1 heterocycles. The Labute approximate surface area is 187 Å². The number of rotatable bonds is 9. The molecule has 0 spiro atoms. The Bertz CT molecular complexity index is 915. The number of benzene rings is 2. The Morgan fingerprint density at radius 2 is 1.78 bits per heavy atom. The van der Waals surface area contributed by atoms with Crippen LogP contribution in [0.1, 0.15) is 20.3 Å². The Balaban J connectivity index is 1.54. The van der Waals surface area contributed by atoms with Crippen LogP contribution < -0.4 is 15.4 Å². The summed E-state index contributed by atoms with van der Waals surface area (Å²) in [5.41, 5.74) is 0.744. The second-order valence-electron chi connectivity index (χ2n) is 7.97. The van der Waals surface area contributed by atoms with Gasteiger partial charge in [0.1, 0.15) is 17.5 Å². The van der Waals surface area contributed by atoms with Gasteiger partial charge in [-0.15, -0.1) is 0 Å². The first kappa shape index (κ1) is 23.1. The van der Waals surface area contributed by atoms with Crippen LogP contribution in [0.25, 0.3) is 0 Å². The fraction of sp³-hybridized carbons (Fsp3) is 0.375. The first-order chi connectivity index (χ1) is 15.4. The molecule has 1 atom stereocenters. The van der Waals surface area contributed by atoms with E-state index in [2.05, 4.69) is 10.6 Å². The van der Waals surface area contributed by atoms with Crippen molar-refractivity contribution in [3.8, 4) is 11.5 Å². The van der Waals surface area contributed by atoms with Crippen LogP contribution in [0.5, 0.6) is 11.5 Å². The van der Waals surface area contributed by atoms with Gasteiger partial charge in [-0.2, -0.15) is 0 Å². The molecule has 2 amide bonds. The Morgan fingerprint density at radius 3 is 2.47 bits per heavy atom. The maximum atomic E-state index is 12.8. The summed E-state index contributed by atoms with van der Waals surface area (Å²) in [6.45, 7) is 4.85. The number of para-hydroxylation sites is 1. The van der Waals surface area contributed by atoms with Crippen LogP contribution in [0.2, 0.25) is 0 Å². The van der Waals surface area contributed by atoms with Crippen molar-refractivity contribution >= 4 is 23.5 Å². The highest BCUT2D eigenvalue weighted by Gasteiger charge is 2.35. The highest BCUT2D eigenvalue weighted by Crippen LogP contribution is 2.22. The van der Waals surface area contributed by atoms with E-state index in [9.17, 15) is 14.4 Å². The summed E-state index contributed by atoms with van der Waals surface area (Å²) in [6, 6.07) is 15.8. The van der Waals surface area contributed by atoms with Gasteiger partial charge in [0.25, 0.3) is 0 Å². The number of carbonyl (C=O) groups excluding carboxylic acids is 3. The molecule has 1 fully saturated rings. The number of esters is 1. The molecule has 0 aromatic heterocycles. The van der Waals surface area contributed by atoms with Gasteiger partial charge in [-0.25, -0.2) is 0 Å². The monoisotopic (exact) mass is 439 g/mol. The summed E-state index contributed by atoms with van der Waals surface area (Å²) < 4.78 is 10.9. The van der Waals surface area contributed by atoms with Gasteiger partial charge in [0.2, 0.25) is 11.8 Å². The molecule has 1 saturated heterocycles. The van der Waals surface area contributed by atoms with E-state index in [4.69, 9.17) is 9.47 Å². The largest absolute Gasteiger partial charge is 0.465 e. The standard InChI is InChI=1S/C24H29N3O5/c1-17(2)16-31-23(29)14-21-24(30)25-12-13-27(21)22(28)15-26-18-8-10-20(11-9-18)32-19-6-4-3-5-7-19/h3-11,17,21,26H,12-16H2,1-2H3,(H,25,30). The van der Waals surface area contributed by atoms with Gasteiger partial charge in [-0.3, -0.25) is 14.4 Å². The first-order valence-electron chi connectivity index (χ1n) is 10.7. The van der Waals surface area contributed by atoms with E-state index in [0.29, 0.717) is 18.8 Å². The normalized spacial score (nSPS) is 15.8. The Morgan fingerprint density at radius 1 is 1.09 bits per heavy atom. The van der Waals surface area contributed by atoms with E-state index >= 15 is 0 Å². The summed E-state index contributed by atoms with van der Waals surface area (Å²) in [6.07, 6.45) is -0.157. The van der Waals surface area contributed by atoms with E-state index in [1.165, 1.54) is 4.90 Å². The Kier molecular flexibility index (Phi) is 8.08. The molecule has 1 aliphatic rings. The Hall–Kier alpha value is -3.55. The molecule has 170 valence electrons. The fourth-order valence-corrected chi connectivity index (χ4v) is 3.24. The number of piperazine rings is 1. The van der Waals surface area contributed by atoms with Crippen LogP contribution in [-0.2, 0) is 19.1 Å². The quantitative estimate of drug-likeness (QED) is 0.583. The number of hydrogen-bond acceptors (Lipinski definition) is 6. The van der Waals surface area contributed by atoms with Crippen LogP contribution in [0.15, 0.2) is 54.6 Å². The number of ether oxygens (including phenoxy) is 2. The average molecular weight is 440 g/mol. The maximum Gasteiger partial charge on any atom is 0.308 e. The zero-order valence-electron chi connectivity index (χ0n) is 18.4. The van der Waals surface area contributed by atoms with Crippen LogP contribution in [0, 0.1) is 5.92 Å². The lowest BCUT2D eigenvalue weighted by atomic mass is 10.1. The molecule has 32 heavy (non-hydrogen) atoms. The molecule has 0 radical (unpaired) electrons. The van der Waals surface area contributed by atoms with Crippen molar-refractivity contribution in [2.45, 2.75) is 26.3 Å². The molecule has 2 N–H and O–H groups in total. The van der Waals surface area contributed by atoms with Gasteiger partial charge in [0, 0.05) is 18.8 Å². The molecular formula is C24H29N3O5. The lowest BCUT2D eigenvalue weighted by molar-refractivity contribution is -0.152. The van der Waals surface area contributed by atoms with Crippen molar-refractivity contribution in [3.05, 3.63) is 54.6 Å². The van der Waals surface area contributed by atoms with Crippen LogP contribution >= 0.6 is 0 Å². The third kappa shape index (κ3) is 6.73. The van der Waals surface area contributed by atoms with Crippen molar-refractivity contribution < 1.29 is 23.9 Å². The number of carbonyl (C=O) groups is 3. The van der Waals surface area contributed by atoms with Crippen molar-refractivity contribution in [1.29, 1.82) is 0 Å². The third-order valence-corrected chi connectivity index (χ3v) is 4.87. The molecule has 0 saturated carbocycles. The lowest BCUT2D eigenvalue weighted by Gasteiger charge is -2.34. The highest BCUT2D eigenvalue weighted by atomic mass is 16.5. The van der Waals surface area contributed by atoms with Gasteiger partial charge < -0.3 is 25.0 Å². The number of nitrogens with zero attached hydrogens (tertiary/aromatic N) is 1. The SMILES string of the molecule is CC(C)COC(=O)CC1C(=O)NCCN1C(=O)CNc1ccc(Oc2ccccc2)cc1. The van der Waals surface area contributed by atoms with Crippen molar-refractivity contribution in [2.75, 3.05) is 31.6 Å². The average Bonchev–Trinajstić information content (AvgIpc) is 2.79. The lowest BCUT2D eigenvalue weighted by Crippen LogP contribution is -2.58. The van der Waals surface area contributed by atoms with Crippen LogP contribution in [0.3, 0.4) is 0 Å². The second-order valence-corrected chi connectivity index (χ2v) is 7.97. The topological polar surface area (TPSA) is 97.0 Å². The molecule has 2 aromatic rings. The zero-order valence-corrected chi connectivity index (χ0v) is 18.4. The minimum absolute atomic E-state index is 0.00368. The van der Waals surface area contributed by atoms with Gasteiger partial charge in [-0.05, 0) is 42.3 Å². The third-order valence-electron chi connectivity index (χ3n) is 4.87. The van der Waals surface area contributed by atoms with Crippen LogP contribution in [0.4, 0.5) is 5.69 Å². The number of amides is 2. The molecule has 1 unspecified atom stereocenters. The van der Waals surface area contributed by atoms with Crippen LogP contribution in [-0.4, -0.2) is 55.0 Å². The van der Waals surface area contributed by atoms with Gasteiger partial charge in [0.05, 0.1) is 19.6 Å². The summed E-state index contributed by atoms with van der Waals surface area (Å²) in [5.74, 6) is 0.538. The minimum Gasteiger partial charge on any atom is -0.465 e. The van der Waals surface area contributed by atoms with E-state index in [1.54, 1.807) is 0 Å². The molecule has 3 rings (SSSR count). The molecule has 8 nitrogen and oxygen atoms in total. The summed E-state index contributed by atoms with van der Waals surface area (Å²) in [5, 5.41) is 5.78. The predicted octanol–water partition coefficient (Wildman–Crippen LogP) is 2.81. The van der Waals surface area contributed by atoms with Gasteiger partial charge >= 0.3 is 5.97 Å². The minimum atomic E-state index is -0.862. The van der Waals surface area contributed by atoms with E-state index in [0.717, 1.165) is 11.4 Å². The molecule has 0 bridgehead atoms. The van der Waals surface area contributed by atoms with Gasteiger partial charge in [-0.1, -0.05) is 32.0 Å². The van der Waals surface area contributed by atoms with E-state index < -0.39 is 12.0 Å². The zero-order chi connectivity index (χ0) is 22.9.